The molecule has 0 bridgehead atoms. The minimum absolute atomic E-state index is 0.209. The lowest BCUT2D eigenvalue weighted by Crippen LogP contribution is -2.25. The second-order valence-corrected chi connectivity index (χ2v) is 5.96. The van der Waals surface area contributed by atoms with E-state index in [9.17, 15) is 18.0 Å². The van der Waals surface area contributed by atoms with Crippen molar-refractivity contribution in [2.75, 3.05) is 18.3 Å². The summed E-state index contributed by atoms with van der Waals surface area (Å²) < 4.78 is 43.1. The molecular weight excluding hydrogens is 347 g/mol. The van der Waals surface area contributed by atoms with Crippen LogP contribution in [0.5, 0.6) is 5.75 Å². The van der Waals surface area contributed by atoms with Crippen molar-refractivity contribution in [1.29, 1.82) is 0 Å². The third kappa shape index (κ3) is 4.10. The number of rotatable bonds is 5. The number of nitrogens with one attached hydrogen (secondary N) is 1. The Labute approximate surface area is 139 Å². The number of hydrogen-bond acceptors (Lipinski definition) is 6. The largest absolute Gasteiger partial charge is 0.497 e. The van der Waals surface area contributed by atoms with Crippen LogP contribution in [-0.2, 0) is 11.0 Å². The van der Waals surface area contributed by atoms with Gasteiger partial charge in [-0.25, -0.2) is 4.68 Å². The van der Waals surface area contributed by atoms with Crippen LogP contribution in [0.2, 0.25) is 0 Å². The molecule has 1 aromatic carbocycles. The summed E-state index contributed by atoms with van der Waals surface area (Å²) in [4.78, 5) is 12.1. The van der Waals surface area contributed by atoms with E-state index in [0.717, 1.165) is 11.8 Å². The van der Waals surface area contributed by atoms with Gasteiger partial charge in [-0.15, -0.1) is 10.2 Å². The first kappa shape index (κ1) is 17.9. The van der Waals surface area contributed by atoms with Crippen LogP contribution < -0.4 is 15.9 Å². The Kier molecular flexibility index (Phi) is 5.22. The molecule has 7 nitrogen and oxygen atoms in total. The number of alkyl halides is 3. The number of ether oxygens (including phenoxy) is 1. The van der Waals surface area contributed by atoms with E-state index in [4.69, 9.17) is 10.6 Å². The Morgan fingerprint density at radius 3 is 2.46 bits per heavy atom. The molecule has 1 unspecified atom stereocenters. The number of nitrogens with two attached hydrogens (primary N) is 1. The van der Waals surface area contributed by atoms with Crippen molar-refractivity contribution in [1.82, 2.24) is 14.9 Å². The molecule has 1 aromatic heterocycles. The van der Waals surface area contributed by atoms with Crippen molar-refractivity contribution in [2.24, 2.45) is 0 Å². The number of amides is 1. The number of thioether (sulfide) groups is 1. The van der Waals surface area contributed by atoms with Gasteiger partial charge in [-0.05, 0) is 31.2 Å². The fraction of sp³-hybridized carbons (Fsp3) is 0.308. The maximum absolute atomic E-state index is 12.6. The second-order valence-electron chi connectivity index (χ2n) is 4.65. The van der Waals surface area contributed by atoms with E-state index in [1.54, 1.807) is 24.3 Å². The first-order chi connectivity index (χ1) is 11.2. The number of methoxy groups -OCH3 is 1. The fourth-order valence-electron chi connectivity index (χ4n) is 1.68. The molecule has 130 valence electrons. The van der Waals surface area contributed by atoms with E-state index in [-0.39, 0.29) is 5.16 Å². The van der Waals surface area contributed by atoms with Gasteiger partial charge in [-0.3, -0.25) is 4.79 Å². The minimum Gasteiger partial charge on any atom is -0.497 e. The molecule has 1 heterocycles. The average Bonchev–Trinajstić information content (AvgIpc) is 2.89. The number of nitrogen functional groups attached to an aromatic ring is 1. The van der Waals surface area contributed by atoms with Gasteiger partial charge in [0, 0.05) is 5.69 Å². The number of hydrogen-bond donors (Lipinski definition) is 2. The molecule has 0 aliphatic rings. The van der Waals surface area contributed by atoms with Crippen LogP contribution in [0.1, 0.15) is 12.7 Å². The van der Waals surface area contributed by atoms with E-state index < -0.39 is 23.2 Å². The summed E-state index contributed by atoms with van der Waals surface area (Å²) in [5.74, 6) is 4.22. The molecule has 1 atom stereocenters. The Hall–Kier alpha value is -2.43. The van der Waals surface area contributed by atoms with Crippen LogP contribution in [0.3, 0.4) is 0 Å². The first-order valence-corrected chi connectivity index (χ1v) is 7.49. The molecule has 24 heavy (non-hydrogen) atoms. The molecule has 2 aromatic rings. The third-order valence-electron chi connectivity index (χ3n) is 2.93. The third-order valence-corrected chi connectivity index (χ3v) is 3.98. The number of carbonyl (C=O) groups excluding carboxylic acids is 1. The van der Waals surface area contributed by atoms with Gasteiger partial charge in [0.2, 0.25) is 11.1 Å². The highest BCUT2D eigenvalue weighted by Gasteiger charge is 2.38. The zero-order valence-electron chi connectivity index (χ0n) is 12.7. The van der Waals surface area contributed by atoms with E-state index in [2.05, 4.69) is 15.5 Å². The molecule has 3 N–H and O–H groups in total. The first-order valence-electron chi connectivity index (χ1n) is 6.61. The predicted octanol–water partition coefficient (Wildman–Crippen LogP) is 2.14. The zero-order chi connectivity index (χ0) is 17.9. The lowest BCUT2D eigenvalue weighted by Gasteiger charge is -2.12. The van der Waals surface area contributed by atoms with Gasteiger partial charge in [0.15, 0.2) is 0 Å². The molecule has 0 spiro atoms. The van der Waals surface area contributed by atoms with Crippen molar-refractivity contribution < 1.29 is 22.7 Å². The van der Waals surface area contributed by atoms with Gasteiger partial charge in [0.1, 0.15) is 5.75 Å². The molecular formula is C13H14F3N5O2S. The highest BCUT2D eigenvalue weighted by atomic mass is 32.2. The lowest BCUT2D eigenvalue weighted by atomic mass is 10.3. The summed E-state index contributed by atoms with van der Waals surface area (Å²) in [5.41, 5.74) is 0.526. The molecule has 0 saturated carbocycles. The smallest absolute Gasteiger partial charge is 0.453 e. The zero-order valence-corrected chi connectivity index (χ0v) is 13.5. The summed E-state index contributed by atoms with van der Waals surface area (Å²) in [6, 6.07) is 6.61. The van der Waals surface area contributed by atoms with Crippen molar-refractivity contribution >= 4 is 23.4 Å². The number of aromatic nitrogens is 3. The topological polar surface area (TPSA) is 95.1 Å². The molecule has 0 aliphatic heterocycles. The fourth-order valence-corrected chi connectivity index (χ4v) is 2.45. The van der Waals surface area contributed by atoms with Crippen molar-refractivity contribution in [2.45, 2.75) is 23.5 Å². The summed E-state index contributed by atoms with van der Waals surface area (Å²) in [6.07, 6.45) is -4.71. The maximum atomic E-state index is 12.6. The van der Waals surface area contributed by atoms with E-state index >= 15 is 0 Å². The number of nitrogens with zero attached hydrogens (tertiary/aromatic N) is 3. The van der Waals surface area contributed by atoms with Crippen LogP contribution in [0.4, 0.5) is 18.9 Å². The van der Waals surface area contributed by atoms with Crippen LogP contribution in [0.25, 0.3) is 0 Å². The summed E-state index contributed by atoms with van der Waals surface area (Å²) >= 11 is 0.770. The monoisotopic (exact) mass is 361 g/mol. The minimum atomic E-state index is -4.71. The normalized spacial score (nSPS) is 12.7. The predicted molar refractivity (Wildman–Crippen MR) is 82.1 cm³/mol. The van der Waals surface area contributed by atoms with E-state index in [0.29, 0.717) is 16.1 Å². The average molecular weight is 361 g/mol. The van der Waals surface area contributed by atoms with Crippen molar-refractivity contribution in [3.05, 3.63) is 30.1 Å². The van der Waals surface area contributed by atoms with Crippen LogP contribution in [-0.4, -0.2) is 33.1 Å². The van der Waals surface area contributed by atoms with Crippen LogP contribution in [0.15, 0.2) is 29.4 Å². The van der Waals surface area contributed by atoms with E-state index in [1.807, 2.05) is 0 Å². The highest BCUT2D eigenvalue weighted by Crippen LogP contribution is 2.30. The summed E-state index contributed by atoms with van der Waals surface area (Å²) in [7, 11) is 1.52. The van der Waals surface area contributed by atoms with Gasteiger partial charge >= 0.3 is 6.18 Å². The Morgan fingerprint density at radius 2 is 1.96 bits per heavy atom. The molecule has 0 fully saturated rings. The Bertz CT molecular complexity index is 717. The highest BCUT2D eigenvalue weighted by molar-refractivity contribution is 8.00. The number of halogens is 3. The molecule has 0 radical (unpaired) electrons. The van der Waals surface area contributed by atoms with Crippen molar-refractivity contribution in [3.8, 4) is 5.75 Å². The second kappa shape index (κ2) is 6.99. The van der Waals surface area contributed by atoms with Gasteiger partial charge in [0.05, 0.1) is 12.4 Å². The summed E-state index contributed by atoms with van der Waals surface area (Å²) in [6.45, 7) is 1.52. The lowest BCUT2D eigenvalue weighted by molar-refractivity contribution is -0.146. The van der Waals surface area contributed by atoms with E-state index in [1.165, 1.54) is 14.0 Å². The molecule has 0 saturated heterocycles. The van der Waals surface area contributed by atoms with Crippen molar-refractivity contribution in [3.63, 3.8) is 0 Å². The van der Waals surface area contributed by atoms with Crippen LogP contribution in [0, 0.1) is 0 Å². The Balaban J connectivity index is 2.02. The van der Waals surface area contributed by atoms with Gasteiger partial charge in [0.25, 0.3) is 5.82 Å². The van der Waals surface area contributed by atoms with Gasteiger partial charge < -0.3 is 15.9 Å². The van der Waals surface area contributed by atoms with Gasteiger partial charge in [-0.2, -0.15) is 13.2 Å². The molecule has 0 aliphatic carbocycles. The molecule has 1 amide bonds. The molecule has 11 heteroatoms. The van der Waals surface area contributed by atoms with Crippen LogP contribution >= 0.6 is 11.8 Å². The standard InChI is InChI=1S/C13H14F3N5O2S/c1-7(10(22)18-8-3-5-9(23-2)6-4-8)24-12-20-19-11(21(12)17)13(14,15)16/h3-7H,17H2,1-2H3,(H,18,22). The summed E-state index contributed by atoms with van der Waals surface area (Å²) in [5, 5.41) is 8.06. The number of benzene rings is 1. The number of anilines is 1. The Morgan fingerprint density at radius 1 is 1.33 bits per heavy atom. The molecule has 2 rings (SSSR count). The number of carbonyl (C=O) groups is 1. The quantitative estimate of drug-likeness (QED) is 0.626. The maximum Gasteiger partial charge on any atom is 0.453 e. The SMILES string of the molecule is COc1ccc(NC(=O)C(C)Sc2nnc(C(F)(F)F)n2N)cc1. The van der Waals surface area contributed by atoms with Gasteiger partial charge in [-0.1, -0.05) is 11.8 Å².